The van der Waals surface area contributed by atoms with Gasteiger partial charge in [-0.15, -0.1) is 11.3 Å². The van der Waals surface area contributed by atoms with Gasteiger partial charge in [-0.2, -0.15) is 13.2 Å². The molecule has 3 nitrogen and oxygen atoms in total. The smallest absolute Gasteiger partial charge is 0.347 e. The molecule has 1 aromatic rings. The molecule has 1 aromatic heterocycles. The molecule has 19 heavy (non-hydrogen) atoms. The van der Waals surface area contributed by atoms with Crippen molar-refractivity contribution in [2.75, 3.05) is 24.5 Å². The first-order valence-electron chi connectivity index (χ1n) is 6.47. The summed E-state index contributed by atoms with van der Waals surface area (Å²) in [6.45, 7) is 4.32. The maximum absolute atomic E-state index is 12.7. The van der Waals surface area contributed by atoms with Gasteiger partial charge in [0.25, 0.3) is 0 Å². The molecule has 1 aliphatic heterocycles. The molecule has 0 radical (unpaired) electrons. The minimum atomic E-state index is -4.09. The largest absolute Gasteiger partial charge is 0.393 e. The molecule has 0 spiro atoms. The van der Waals surface area contributed by atoms with Crippen LogP contribution in [0.3, 0.4) is 0 Å². The number of piperidine rings is 1. The Hall–Kier alpha value is -0.820. The van der Waals surface area contributed by atoms with E-state index in [1.165, 1.54) is 11.3 Å². The maximum atomic E-state index is 12.7. The van der Waals surface area contributed by atoms with E-state index in [2.05, 4.69) is 10.3 Å². The highest BCUT2D eigenvalue weighted by molar-refractivity contribution is 7.15. The molecule has 1 saturated heterocycles. The van der Waals surface area contributed by atoms with Crippen molar-refractivity contribution in [2.24, 2.45) is 5.92 Å². The van der Waals surface area contributed by atoms with Crippen molar-refractivity contribution in [1.29, 1.82) is 0 Å². The lowest BCUT2D eigenvalue weighted by atomic mass is 9.98. The number of anilines is 1. The molecule has 0 aliphatic carbocycles. The third-order valence-electron chi connectivity index (χ3n) is 3.25. The summed E-state index contributed by atoms with van der Waals surface area (Å²) in [5, 5.41) is 3.90. The number of halogens is 3. The molecule has 1 unspecified atom stereocenters. The second-order valence-corrected chi connectivity index (χ2v) is 5.81. The second kappa shape index (κ2) is 6.09. The molecule has 7 heteroatoms. The van der Waals surface area contributed by atoms with Crippen LogP contribution in [-0.4, -0.2) is 30.8 Å². The molecule has 1 N–H and O–H groups in total. The van der Waals surface area contributed by atoms with Gasteiger partial charge in [-0.1, -0.05) is 6.92 Å². The van der Waals surface area contributed by atoms with E-state index in [-0.39, 0.29) is 13.0 Å². The Balaban J connectivity index is 1.99. The van der Waals surface area contributed by atoms with Gasteiger partial charge in [-0.05, 0) is 19.4 Å². The van der Waals surface area contributed by atoms with E-state index in [0.717, 1.165) is 18.0 Å². The summed E-state index contributed by atoms with van der Waals surface area (Å²) in [4.78, 5) is 7.07. The Kier molecular flexibility index (Phi) is 4.67. The van der Waals surface area contributed by atoms with E-state index in [1.54, 1.807) is 11.1 Å². The van der Waals surface area contributed by atoms with Gasteiger partial charge in [0.05, 0.1) is 5.92 Å². The lowest BCUT2D eigenvalue weighted by Gasteiger charge is -2.33. The molecule has 1 fully saturated rings. The standard InChI is InChI=1S/C12H18F3N3S/c1-2-16-6-10-7-17-11(19-10)18-5-3-4-9(8-18)12(13,14)15/h7,9,16H,2-6,8H2,1H3. The van der Waals surface area contributed by atoms with E-state index in [9.17, 15) is 13.2 Å². The van der Waals surface area contributed by atoms with Crippen LogP contribution >= 0.6 is 11.3 Å². The van der Waals surface area contributed by atoms with E-state index in [4.69, 9.17) is 0 Å². The Morgan fingerprint density at radius 1 is 1.53 bits per heavy atom. The summed E-state index contributed by atoms with van der Waals surface area (Å²) >= 11 is 1.48. The van der Waals surface area contributed by atoms with Crippen molar-refractivity contribution in [1.82, 2.24) is 10.3 Å². The second-order valence-electron chi connectivity index (χ2n) is 4.72. The van der Waals surface area contributed by atoms with Crippen LogP contribution in [0.1, 0.15) is 24.6 Å². The van der Waals surface area contributed by atoms with Crippen LogP contribution in [0.25, 0.3) is 0 Å². The van der Waals surface area contributed by atoms with E-state index in [0.29, 0.717) is 18.1 Å². The highest BCUT2D eigenvalue weighted by Gasteiger charge is 2.42. The molecule has 0 saturated carbocycles. The van der Waals surface area contributed by atoms with Crippen molar-refractivity contribution in [3.05, 3.63) is 11.1 Å². The number of nitrogens with one attached hydrogen (secondary N) is 1. The highest BCUT2D eigenvalue weighted by atomic mass is 32.1. The number of rotatable bonds is 4. The third kappa shape index (κ3) is 3.82. The zero-order valence-electron chi connectivity index (χ0n) is 10.8. The monoisotopic (exact) mass is 293 g/mol. The SMILES string of the molecule is CCNCc1cnc(N2CCCC(C(F)(F)F)C2)s1. The predicted octanol–water partition coefficient (Wildman–Crippen LogP) is 3.03. The summed E-state index contributed by atoms with van der Waals surface area (Å²) < 4.78 is 38.2. The molecule has 2 rings (SSSR count). The lowest BCUT2D eigenvalue weighted by Crippen LogP contribution is -2.41. The lowest BCUT2D eigenvalue weighted by molar-refractivity contribution is -0.175. The van der Waals surface area contributed by atoms with Gasteiger partial charge in [0.1, 0.15) is 0 Å². The molecule has 0 bridgehead atoms. The van der Waals surface area contributed by atoms with Crippen molar-refractivity contribution in [3.63, 3.8) is 0 Å². The molecule has 1 atom stereocenters. The van der Waals surface area contributed by atoms with Gasteiger partial charge in [0.15, 0.2) is 5.13 Å². The Morgan fingerprint density at radius 2 is 2.32 bits per heavy atom. The number of hydrogen-bond donors (Lipinski definition) is 1. The fraction of sp³-hybridized carbons (Fsp3) is 0.750. The Morgan fingerprint density at radius 3 is 3.00 bits per heavy atom. The van der Waals surface area contributed by atoms with Crippen LogP contribution < -0.4 is 10.2 Å². The molecule has 0 aromatic carbocycles. The van der Waals surface area contributed by atoms with Gasteiger partial charge in [0.2, 0.25) is 0 Å². The molecule has 2 heterocycles. The first-order chi connectivity index (χ1) is 9.00. The summed E-state index contributed by atoms with van der Waals surface area (Å²) in [5.74, 6) is -1.22. The average Bonchev–Trinajstić information content (AvgIpc) is 2.84. The van der Waals surface area contributed by atoms with Gasteiger partial charge in [-0.25, -0.2) is 4.98 Å². The molecule has 1 aliphatic rings. The first kappa shape index (κ1) is 14.6. The summed E-state index contributed by atoms with van der Waals surface area (Å²) in [6, 6.07) is 0. The third-order valence-corrected chi connectivity index (χ3v) is 4.30. The van der Waals surface area contributed by atoms with Crippen LogP contribution in [0, 0.1) is 5.92 Å². The minimum Gasteiger partial charge on any atom is -0.347 e. The van der Waals surface area contributed by atoms with Gasteiger partial charge < -0.3 is 10.2 Å². The number of aromatic nitrogens is 1. The topological polar surface area (TPSA) is 28.2 Å². The molecular weight excluding hydrogens is 275 g/mol. The minimum absolute atomic E-state index is 0.0393. The fourth-order valence-corrected chi connectivity index (χ4v) is 3.11. The number of thiazole rings is 1. The van der Waals surface area contributed by atoms with Crippen molar-refractivity contribution < 1.29 is 13.2 Å². The maximum Gasteiger partial charge on any atom is 0.393 e. The highest BCUT2D eigenvalue weighted by Crippen LogP contribution is 2.35. The zero-order chi connectivity index (χ0) is 13.9. The average molecular weight is 293 g/mol. The summed E-state index contributed by atoms with van der Waals surface area (Å²) in [6.07, 6.45) is -1.54. The predicted molar refractivity (Wildman–Crippen MR) is 70.5 cm³/mol. The summed E-state index contributed by atoms with van der Waals surface area (Å²) in [7, 11) is 0. The molecular formula is C12H18F3N3S. The Bertz CT molecular complexity index is 405. The normalized spacial score (nSPS) is 20.8. The summed E-state index contributed by atoms with van der Waals surface area (Å²) in [5.41, 5.74) is 0. The van der Waals surface area contributed by atoms with Crippen molar-refractivity contribution in [3.8, 4) is 0 Å². The molecule has 0 amide bonds. The number of hydrogen-bond acceptors (Lipinski definition) is 4. The fourth-order valence-electron chi connectivity index (χ4n) is 2.19. The van der Waals surface area contributed by atoms with Crippen LogP contribution in [0.4, 0.5) is 18.3 Å². The van der Waals surface area contributed by atoms with E-state index < -0.39 is 12.1 Å². The van der Waals surface area contributed by atoms with Gasteiger partial charge >= 0.3 is 6.18 Å². The van der Waals surface area contributed by atoms with E-state index in [1.807, 2.05) is 6.92 Å². The Labute approximate surface area is 114 Å². The quantitative estimate of drug-likeness (QED) is 0.925. The van der Waals surface area contributed by atoms with Gasteiger partial charge in [-0.3, -0.25) is 0 Å². The van der Waals surface area contributed by atoms with Crippen molar-refractivity contribution in [2.45, 2.75) is 32.5 Å². The van der Waals surface area contributed by atoms with Crippen LogP contribution in [-0.2, 0) is 6.54 Å². The van der Waals surface area contributed by atoms with E-state index >= 15 is 0 Å². The van der Waals surface area contributed by atoms with Crippen molar-refractivity contribution >= 4 is 16.5 Å². The van der Waals surface area contributed by atoms with Crippen LogP contribution in [0.15, 0.2) is 6.20 Å². The van der Waals surface area contributed by atoms with Crippen LogP contribution in [0.5, 0.6) is 0 Å². The zero-order valence-corrected chi connectivity index (χ0v) is 11.7. The molecule has 108 valence electrons. The van der Waals surface area contributed by atoms with Gasteiger partial charge in [0, 0.05) is 30.7 Å². The number of nitrogens with zero attached hydrogens (tertiary/aromatic N) is 2. The number of alkyl halides is 3. The first-order valence-corrected chi connectivity index (χ1v) is 7.29. The van der Waals surface area contributed by atoms with Crippen LogP contribution in [0.2, 0.25) is 0 Å².